The highest BCUT2D eigenvalue weighted by atomic mass is 35.5. The SMILES string of the molecule is O=[P@]1(OCCCl)OCCCOC12CCCCC2. The number of hydrogen-bond donors (Lipinski definition) is 0. The van der Waals surface area contributed by atoms with E-state index in [1.807, 2.05) is 0 Å². The molecule has 0 N–H and O–H groups in total. The minimum atomic E-state index is -3.19. The Kier molecular flexibility index (Phi) is 4.90. The van der Waals surface area contributed by atoms with Crippen molar-refractivity contribution < 1.29 is 18.3 Å². The molecule has 0 aromatic heterocycles. The monoisotopic (exact) mass is 282 g/mol. The Bertz CT molecular complexity index is 291. The van der Waals surface area contributed by atoms with Crippen LogP contribution < -0.4 is 0 Å². The van der Waals surface area contributed by atoms with Gasteiger partial charge in [-0.15, -0.1) is 11.6 Å². The molecule has 0 bridgehead atoms. The minimum Gasteiger partial charge on any atom is -0.362 e. The molecular formula is C11H20ClO4P. The second-order valence-electron chi connectivity index (χ2n) is 4.56. The van der Waals surface area contributed by atoms with Crippen molar-refractivity contribution in [3.05, 3.63) is 0 Å². The molecule has 100 valence electrons. The molecule has 1 spiro atoms. The molecule has 1 saturated carbocycles. The summed E-state index contributed by atoms with van der Waals surface area (Å²) >= 11 is 5.61. The summed E-state index contributed by atoms with van der Waals surface area (Å²) in [6, 6.07) is 0. The average Bonchev–Trinajstić information content (AvgIpc) is 2.50. The summed E-state index contributed by atoms with van der Waals surface area (Å²) in [5.41, 5.74) is 0. The Morgan fingerprint density at radius 1 is 1.18 bits per heavy atom. The molecule has 4 nitrogen and oxygen atoms in total. The Balaban J connectivity index is 2.19. The van der Waals surface area contributed by atoms with E-state index in [0.29, 0.717) is 19.1 Å². The third kappa shape index (κ3) is 2.87. The molecule has 1 saturated heterocycles. The lowest BCUT2D eigenvalue weighted by Crippen LogP contribution is -2.35. The Labute approximate surface area is 107 Å². The fraction of sp³-hybridized carbons (Fsp3) is 1.00. The van der Waals surface area contributed by atoms with E-state index in [-0.39, 0.29) is 6.61 Å². The van der Waals surface area contributed by atoms with Crippen LogP contribution in [0.15, 0.2) is 0 Å². The molecule has 0 amide bonds. The smallest absolute Gasteiger partial charge is 0.362 e. The maximum absolute atomic E-state index is 12.9. The molecule has 6 heteroatoms. The fourth-order valence-corrected chi connectivity index (χ4v) is 5.08. The number of hydrogen-bond acceptors (Lipinski definition) is 4. The van der Waals surface area contributed by atoms with Gasteiger partial charge in [0.05, 0.1) is 19.8 Å². The van der Waals surface area contributed by atoms with Crippen molar-refractivity contribution in [1.29, 1.82) is 0 Å². The van der Waals surface area contributed by atoms with Crippen LogP contribution in [0.1, 0.15) is 38.5 Å². The number of ether oxygens (including phenoxy) is 1. The zero-order chi connectivity index (χ0) is 12.2. The molecule has 2 fully saturated rings. The first-order valence-electron chi connectivity index (χ1n) is 6.32. The molecule has 1 aliphatic carbocycles. The zero-order valence-corrected chi connectivity index (χ0v) is 11.7. The topological polar surface area (TPSA) is 44.8 Å². The molecule has 1 aliphatic heterocycles. The lowest BCUT2D eigenvalue weighted by atomic mass is 9.97. The van der Waals surface area contributed by atoms with Gasteiger partial charge < -0.3 is 13.8 Å². The van der Waals surface area contributed by atoms with Crippen LogP contribution in [0.25, 0.3) is 0 Å². The van der Waals surface area contributed by atoms with Crippen LogP contribution in [0.3, 0.4) is 0 Å². The highest BCUT2D eigenvalue weighted by Gasteiger charge is 2.53. The molecule has 2 aliphatic rings. The van der Waals surface area contributed by atoms with E-state index in [4.69, 9.17) is 25.4 Å². The van der Waals surface area contributed by atoms with Crippen molar-refractivity contribution in [2.45, 2.75) is 43.9 Å². The predicted molar refractivity (Wildman–Crippen MR) is 66.6 cm³/mol. The van der Waals surface area contributed by atoms with Crippen LogP contribution in [0.4, 0.5) is 0 Å². The quantitative estimate of drug-likeness (QED) is 0.587. The standard InChI is InChI=1S/C11H20ClO4P/c12-7-10-16-17(13)11(5-2-1-3-6-11)14-8-4-9-15-17/h1-10H2/t17-/m0/s1. The van der Waals surface area contributed by atoms with E-state index in [2.05, 4.69) is 0 Å². The molecule has 17 heavy (non-hydrogen) atoms. The van der Waals surface area contributed by atoms with Crippen molar-refractivity contribution in [2.24, 2.45) is 0 Å². The van der Waals surface area contributed by atoms with Crippen LogP contribution in [-0.2, 0) is 18.3 Å². The van der Waals surface area contributed by atoms with Gasteiger partial charge in [0.15, 0.2) is 5.34 Å². The number of alkyl halides is 1. The largest absolute Gasteiger partial charge is 0.362 e. The van der Waals surface area contributed by atoms with Gasteiger partial charge in [0.25, 0.3) is 0 Å². The molecule has 0 aromatic rings. The highest BCUT2D eigenvalue weighted by molar-refractivity contribution is 7.55. The van der Waals surface area contributed by atoms with Gasteiger partial charge in [0.2, 0.25) is 0 Å². The normalized spacial score (nSPS) is 33.5. The second-order valence-corrected chi connectivity index (χ2v) is 7.27. The van der Waals surface area contributed by atoms with Crippen molar-refractivity contribution in [1.82, 2.24) is 0 Å². The van der Waals surface area contributed by atoms with Crippen molar-refractivity contribution >= 4 is 19.2 Å². The zero-order valence-electron chi connectivity index (χ0n) is 10.0. The molecule has 0 radical (unpaired) electrons. The summed E-state index contributed by atoms with van der Waals surface area (Å²) in [7, 11) is -3.19. The molecule has 1 atom stereocenters. The lowest BCUT2D eigenvalue weighted by molar-refractivity contribution is -0.0185. The summed E-state index contributed by atoms with van der Waals surface area (Å²) in [5.74, 6) is 0.323. The fourth-order valence-electron chi connectivity index (χ4n) is 2.53. The Morgan fingerprint density at radius 2 is 1.94 bits per heavy atom. The van der Waals surface area contributed by atoms with Crippen molar-refractivity contribution in [3.63, 3.8) is 0 Å². The van der Waals surface area contributed by atoms with Crippen LogP contribution >= 0.6 is 19.2 Å². The first kappa shape index (κ1) is 13.8. The summed E-state index contributed by atoms with van der Waals surface area (Å²) in [5, 5.41) is -0.701. The predicted octanol–water partition coefficient (Wildman–Crippen LogP) is 3.53. The molecule has 1 heterocycles. The van der Waals surface area contributed by atoms with E-state index >= 15 is 0 Å². The third-order valence-electron chi connectivity index (χ3n) is 3.39. The van der Waals surface area contributed by atoms with E-state index in [1.165, 1.54) is 6.42 Å². The van der Waals surface area contributed by atoms with Gasteiger partial charge in [-0.1, -0.05) is 6.42 Å². The van der Waals surface area contributed by atoms with Gasteiger partial charge in [-0.05, 0) is 32.1 Å². The third-order valence-corrected chi connectivity index (χ3v) is 6.17. The van der Waals surface area contributed by atoms with E-state index in [9.17, 15) is 4.57 Å². The van der Waals surface area contributed by atoms with Gasteiger partial charge in [0.1, 0.15) is 0 Å². The Hall–Kier alpha value is 0.400. The van der Waals surface area contributed by atoms with Gasteiger partial charge in [-0.3, -0.25) is 4.57 Å². The van der Waals surface area contributed by atoms with Crippen molar-refractivity contribution in [3.8, 4) is 0 Å². The van der Waals surface area contributed by atoms with Gasteiger partial charge >= 0.3 is 7.60 Å². The van der Waals surface area contributed by atoms with Crippen LogP contribution in [0.5, 0.6) is 0 Å². The average molecular weight is 283 g/mol. The summed E-state index contributed by atoms with van der Waals surface area (Å²) in [6.07, 6.45) is 5.53. The van der Waals surface area contributed by atoms with Crippen molar-refractivity contribution in [2.75, 3.05) is 25.7 Å². The maximum Gasteiger partial charge on any atom is 0.362 e. The second kappa shape index (κ2) is 6.03. The van der Waals surface area contributed by atoms with Crippen LogP contribution in [0.2, 0.25) is 0 Å². The first-order chi connectivity index (χ1) is 8.22. The van der Waals surface area contributed by atoms with E-state index in [0.717, 1.165) is 32.1 Å². The van der Waals surface area contributed by atoms with E-state index in [1.54, 1.807) is 0 Å². The maximum atomic E-state index is 12.9. The number of halogens is 1. The molecule has 0 aromatic carbocycles. The summed E-state index contributed by atoms with van der Waals surface area (Å²) < 4.78 is 29.8. The van der Waals surface area contributed by atoms with Gasteiger partial charge in [-0.25, -0.2) is 0 Å². The van der Waals surface area contributed by atoms with Gasteiger partial charge in [0, 0.05) is 5.88 Å². The number of rotatable bonds is 3. The molecule has 2 rings (SSSR count). The molecular weight excluding hydrogens is 263 g/mol. The van der Waals surface area contributed by atoms with E-state index < -0.39 is 12.9 Å². The van der Waals surface area contributed by atoms with Crippen LogP contribution in [0, 0.1) is 0 Å². The van der Waals surface area contributed by atoms with Crippen LogP contribution in [-0.4, -0.2) is 31.0 Å². The van der Waals surface area contributed by atoms with Gasteiger partial charge in [-0.2, -0.15) is 0 Å². The summed E-state index contributed by atoms with van der Waals surface area (Å²) in [4.78, 5) is 0. The molecule has 0 unspecified atom stereocenters. The highest BCUT2D eigenvalue weighted by Crippen LogP contribution is 2.66. The lowest BCUT2D eigenvalue weighted by Gasteiger charge is -2.39. The minimum absolute atomic E-state index is 0.254. The Morgan fingerprint density at radius 3 is 2.65 bits per heavy atom. The first-order valence-corrected chi connectivity index (χ1v) is 8.39. The summed E-state index contributed by atoms with van der Waals surface area (Å²) in [6.45, 7) is 1.31.